The van der Waals surface area contributed by atoms with Crippen LogP contribution in [0.5, 0.6) is 11.5 Å². The van der Waals surface area contributed by atoms with E-state index in [1.807, 2.05) is 0 Å². The Hall–Kier alpha value is -2.81. The molecule has 0 aromatic heterocycles. The molecule has 0 bridgehead atoms. The number of benzene rings is 2. The van der Waals surface area contributed by atoms with E-state index in [1.165, 1.54) is 44.6 Å². The topological polar surface area (TPSA) is 73.9 Å². The molecular weight excluding hydrogens is 380 g/mol. The highest BCUT2D eigenvalue weighted by Gasteiger charge is 2.18. The van der Waals surface area contributed by atoms with Crippen LogP contribution in [-0.2, 0) is 9.53 Å². The van der Waals surface area contributed by atoms with Gasteiger partial charge in [0.2, 0.25) is 0 Å². The number of amides is 1. The smallest absolute Gasteiger partial charge is 0.342 e. The Bertz CT molecular complexity index is 799. The van der Waals surface area contributed by atoms with Gasteiger partial charge in [0.15, 0.2) is 18.1 Å². The molecule has 0 aliphatic heterocycles. The van der Waals surface area contributed by atoms with Crippen LogP contribution in [0.4, 0.5) is 14.5 Å². The Morgan fingerprint density at radius 1 is 1.07 bits per heavy atom. The van der Waals surface area contributed by atoms with Gasteiger partial charge in [0.1, 0.15) is 5.56 Å². The molecule has 0 fully saturated rings. The van der Waals surface area contributed by atoms with Crippen LogP contribution in [0.25, 0.3) is 0 Å². The van der Waals surface area contributed by atoms with Gasteiger partial charge in [-0.3, -0.25) is 4.79 Å². The third kappa shape index (κ3) is 5.85. The average Bonchev–Trinajstić information content (AvgIpc) is 2.66. The predicted molar refractivity (Wildman–Crippen MR) is 96.8 cm³/mol. The van der Waals surface area contributed by atoms with Crippen LogP contribution in [0.15, 0.2) is 47.4 Å². The maximum atomic E-state index is 12.3. The van der Waals surface area contributed by atoms with Crippen molar-refractivity contribution in [2.45, 2.75) is 10.7 Å². The zero-order chi connectivity index (χ0) is 19.8. The standard InChI is InChI=1S/C18H17F2NO5S/c1-24-14-5-3-4-13(16(14)25-2)17(23)26-10-15(22)21-11-6-8-12(9-7-11)27-18(19)20/h3-9,18H,10H2,1-2H3,(H,21,22). The number of carbonyl (C=O) groups is 2. The van der Waals surface area contributed by atoms with E-state index in [0.29, 0.717) is 28.1 Å². The zero-order valence-corrected chi connectivity index (χ0v) is 15.3. The maximum Gasteiger partial charge on any atom is 0.342 e. The fraction of sp³-hybridized carbons (Fsp3) is 0.222. The molecule has 0 saturated carbocycles. The van der Waals surface area contributed by atoms with Gasteiger partial charge in [-0.05, 0) is 36.4 Å². The first-order chi connectivity index (χ1) is 12.9. The number of rotatable bonds is 8. The van der Waals surface area contributed by atoms with Crippen molar-refractivity contribution < 1.29 is 32.6 Å². The summed E-state index contributed by atoms with van der Waals surface area (Å²) in [6, 6.07) is 10.6. The molecular formula is C18H17F2NO5S. The van der Waals surface area contributed by atoms with Crippen LogP contribution in [0.3, 0.4) is 0 Å². The van der Waals surface area contributed by atoms with Gasteiger partial charge in [-0.15, -0.1) is 0 Å². The van der Waals surface area contributed by atoms with E-state index in [4.69, 9.17) is 14.2 Å². The predicted octanol–water partition coefficient (Wildman–Crippen LogP) is 3.81. The number of hydrogen-bond donors (Lipinski definition) is 1. The maximum absolute atomic E-state index is 12.3. The summed E-state index contributed by atoms with van der Waals surface area (Å²) in [7, 11) is 2.82. The van der Waals surface area contributed by atoms with Crippen molar-refractivity contribution in [3.05, 3.63) is 48.0 Å². The third-order valence-corrected chi connectivity index (χ3v) is 4.04. The molecule has 0 saturated heterocycles. The molecule has 2 aromatic carbocycles. The summed E-state index contributed by atoms with van der Waals surface area (Å²) in [5.74, 6) is -3.27. The second-order valence-corrected chi connectivity index (χ2v) is 6.13. The summed E-state index contributed by atoms with van der Waals surface area (Å²) in [5, 5.41) is 2.51. The lowest BCUT2D eigenvalue weighted by Crippen LogP contribution is -2.21. The minimum absolute atomic E-state index is 0.123. The van der Waals surface area contributed by atoms with Crippen molar-refractivity contribution >= 4 is 29.3 Å². The van der Waals surface area contributed by atoms with Gasteiger partial charge in [-0.25, -0.2) is 4.79 Å². The summed E-state index contributed by atoms with van der Waals surface area (Å²) in [4.78, 5) is 24.5. The number of hydrogen-bond acceptors (Lipinski definition) is 6. The van der Waals surface area contributed by atoms with Gasteiger partial charge in [0.25, 0.3) is 11.7 Å². The minimum atomic E-state index is -2.52. The number of esters is 1. The molecule has 144 valence electrons. The Balaban J connectivity index is 1.93. The number of para-hydroxylation sites is 1. The molecule has 0 spiro atoms. The number of halogens is 2. The number of methoxy groups -OCH3 is 2. The van der Waals surface area contributed by atoms with Gasteiger partial charge in [-0.1, -0.05) is 17.8 Å². The van der Waals surface area contributed by atoms with E-state index in [2.05, 4.69) is 5.32 Å². The monoisotopic (exact) mass is 397 g/mol. The van der Waals surface area contributed by atoms with Crippen LogP contribution in [0.2, 0.25) is 0 Å². The Morgan fingerprint density at radius 3 is 2.37 bits per heavy atom. The van der Waals surface area contributed by atoms with E-state index in [9.17, 15) is 18.4 Å². The number of thioether (sulfide) groups is 1. The van der Waals surface area contributed by atoms with Crippen molar-refractivity contribution in [2.75, 3.05) is 26.1 Å². The van der Waals surface area contributed by atoms with E-state index >= 15 is 0 Å². The van der Waals surface area contributed by atoms with E-state index in [1.54, 1.807) is 12.1 Å². The SMILES string of the molecule is COc1cccc(C(=O)OCC(=O)Nc2ccc(SC(F)F)cc2)c1OC. The lowest BCUT2D eigenvalue weighted by molar-refractivity contribution is -0.119. The third-order valence-electron chi connectivity index (χ3n) is 3.32. The van der Waals surface area contributed by atoms with Gasteiger partial charge < -0.3 is 19.5 Å². The highest BCUT2D eigenvalue weighted by molar-refractivity contribution is 7.99. The number of nitrogens with one attached hydrogen (secondary N) is 1. The van der Waals surface area contributed by atoms with Gasteiger partial charge in [0, 0.05) is 10.6 Å². The molecule has 2 rings (SSSR count). The summed E-state index contributed by atoms with van der Waals surface area (Å²) in [5.41, 5.74) is 0.520. The first-order valence-electron chi connectivity index (χ1n) is 7.67. The summed E-state index contributed by atoms with van der Waals surface area (Å²) < 4.78 is 39.8. The molecule has 1 N–H and O–H groups in total. The zero-order valence-electron chi connectivity index (χ0n) is 14.5. The molecule has 27 heavy (non-hydrogen) atoms. The minimum Gasteiger partial charge on any atom is -0.493 e. The number of ether oxygens (including phenoxy) is 3. The first kappa shape index (κ1) is 20.5. The molecule has 0 atom stereocenters. The van der Waals surface area contributed by atoms with E-state index in [0.717, 1.165) is 0 Å². The normalized spacial score (nSPS) is 10.4. The largest absolute Gasteiger partial charge is 0.493 e. The molecule has 0 aliphatic carbocycles. The van der Waals surface area contributed by atoms with Crippen molar-refractivity contribution in [3.63, 3.8) is 0 Å². The first-order valence-corrected chi connectivity index (χ1v) is 8.55. The summed E-state index contributed by atoms with van der Waals surface area (Å²) in [6.45, 7) is -0.521. The molecule has 9 heteroatoms. The number of carbonyl (C=O) groups excluding carboxylic acids is 2. The van der Waals surface area contributed by atoms with Crippen molar-refractivity contribution in [3.8, 4) is 11.5 Å². The van der Waals surface area contributed by atoms with Crippen molar-refractivity contribution in [2.24, 2.45) is 0 Å². The summed E-state index contributed by atoms with van der Waals surface area (Å²) >= 11 is 0.407. The van der Waals surface area contributed by atoms with Crippen molar-refractivity contribution in [1.29, 1.82) is 0 Å². The van der Waals surface area contributed by atoms with Crippen LogP contribution in [-0.4, -0.2) is 38.5 Å². The highest BCUT2D eigenvalue weighted by atomic mass is 32.2. The van der Waals surface area contributed by atoms with Crippen LogP contribution in [0, 0.1) is 0 Å². The molecule has 0 radical (unpaired) electrons. The molecule has 0 heterocycles. The lowest BCUT2D eigenvalue weighted by Gasteiger charge is -2.12. The van der Waals surface area contributed by atoms with Gasteiger partial charge in [0.05, 0.1) is 14.2 Å². The van der Waals surface area contributed by atoms with E-state index < -0.39 is 24.2 Å². The molecule has 0 unspecified atom stereocenters. The fourth-order valence-corrected chi connectivity index (χ4v) is 2.67. The Kier molecular flexibility index (Phi) is 7.42. The summed E-state index contributed by atoms with van der Waals surface area (Å²) in [6.07, 6.45) is 0. The number of alkyl halides is 2. The molecule has 1 amide bonds. The van der Waals surface area contributed by atoms with Gasteiger partial charge in [-0.2, -0.15) is 8.78 Å². The Morgan fingerprint density at radius 2 is 1.78 bits per heavy atom. The highest BCUT2D eigenvalue weighted by Crippen LogP contribution is 2.31. The van der Waals surface area contributed by atoms with Gasteiger partial charge >= 0.3 is 5.97 Å². The van der Waals surface area contributed by atoms with Crippen molar-refractivity contribution in [1.82, 2.24) is 0 Å². The molecule has 0 aliphatic rings. The lowest BCUT2D eigenvalue weighted by atomic mass is 10.2. The second-order valence-electron chi connectivity index (χ2n) is 5.07. The second kappa shape index (κ2) is 9.77. The molecule has 2 aromatic rings. The van der Waals surface area contributed by atoms with Crippen LogP contribution < -0.4 is 14.8 Å². The fourth-order valence-electron chi connectivity index (χ4n) is 2.17. The van der Waals surface area contributed by atoms with Crippen LogP contribution in [0.1, 0.15) is 10.4 Å². The number of anilines is 1. The quantitative estimate of drug-likeness (QED) is 0.539. The molecule has 6 nitrogen and oxygen atoms in total. The Labute approximate surface area is 158 Å². The van der Waals surface area contributed by atoms with E-state index in [-0.39, 0.29) is 11.3 Å². The van der Waals surface area contributed by atoms with Crippen LogP contribution >= 0.6 is 11.8 Å². The average molecular weight is 397 g/mol.